The van der Waals surface area contributed by atoms with Crippen LogP contribution in [0.15, 0.2) is 12.0 Å². The van der Waals surface area contributed by atoms with Crippen LogP contribution in [0.1, 0.15) is 43.0 Å². The number of carbonyl (C=O) groups is 1. The summed E-state index contributed by atoms with van der Waals surface area (Å²) in [6.45, 7) is 3.01. The van der Waals surface area contributed by atoms with Crippen LogP contribution in [0.5, 0.6) is 0 Å². The molecule has 0 amide bonds. The molecule has 1 N–H and O–H groups in total. The smallest absolute Gasteiger partial charge is 0.303 e. The van der Waals surface area contributed by atoms with Crippen molar-refractivity contribution in [2.45, 2.75) is 45.6 Å². The summed E-state index contributed by atoms with van der Waals surface area (Å²) in [6, 6.07) is 0. The van der Waals surface area contributed by atoms with E-state index in [4.69, 9.17) is 5.11 Å². The van der Waals surface area contributed by atoms with E-state index in [1.165, 1.54) is 0 Å². The Labute approximate surface area is 106 Å². The number of rotatable bonds is 5. The Morgan fingerprint density at radius 2 is 2.28 bits per heavy atom. The minimum Gasteiger partial charge on any atom is -0.481 e. The van der Waals surface area contributed by atoms with E-state index in [1.54, 1.807) is 6.08 Å². The lowest BCUT2D eigenvalue weighted by Crippen LogP contribution is -2.05. The summed E-state index contributed by atoms with van der Waals surface area (Å²) in [5.74, 6) is -0.916. The van der Waals surface area contributed by atoms with Gasteiger partial charge in [0.2, 0.25) is 0 Å². The predicted molar refractivity (Wildman–Crippen MR) is 68.1 cm³/mol. The fourth-order valence-electron chi connectivity index (χ4n) is 2.48. The molecule has 4 heteroatoms. The van der Waals surface area contributed by atoms with Crippen LogP contribution in [-0.4, -0.2) is 15.6 Å². The van der Waals surface area contributed by atoms with E-state index in [0.717, 1.165) is 29.8 Å². The molecule has 18 heavy (non-hydrogen) atoms. The third-order valence-electron chi connectivity index (χ3n) is 3.29. The number of carboxylic acid groups (broad SMARTS) is 1. The number of aromatic nitrogens is 1. The molecule has 0 saturated carbocycles. The zero-order chi connectivity index (χ0) is 13.1. The van der Waals surface area contributed by atoms with Crippen LogP contribution in [0, 0.1) is 0 Å². The number of aliphatic carboxylic acids is 1. The highest BCUT2D eigenvalue weighted by molar-refractivity contribution is 5.68. The van der Waals surface area contributed by atoms with E-state index in [9.17, 15) is 9.18 Å². The van der Waals surface area contributed by atoms with Crippen LogP contribution in [-0.2, 0) is 24.2 Å². The van der Waals surface area contributed by atoms with Crippen molar-refractivity contribution >= 4 is 12.0 Å². The third-order valence-corrected chi connectivity index (χ3v) is 3.29. The molecular formula is C14H18FNO2. The number of nitrogens with zero attached hydrogens (tertiary/aromatic N) is 1. The average molecular weight is 251 g/mol. The maximum atomic E-state index is 13.4. The van der Waals surface area contributed by atoms with Gasteiger partial charge in [-0.1, -0.05) is 6.92 Å². The van der Waals surface area contributed by atoms with Gasteiger partial charge in [0.25, 0.3) is 0 Å². The van der Waals surface area contributed by atoms with Gasteiger partial charge in [0.1, 0.15) is 5.83 Å². The molecule has 0 spiro atoms. The number of carboxylic acids is 1. The summed E-state index contributed by atoms with van der Waals surface area (Å²) in [4.78, 5) is 10.6. The second-order valence-electron chi connectivity index (χ2n) is 4.69. The molecule has 98 valence electrons. The zero-order valence-corrected chi connectivity index (χ0v) is 10.6. The van der Waals surface area contributed by atoms with Gasteiger partial charge in [-0.15, -0.1) is 0 Å². The van der Waals surface area contributed by atoms with Crippen molar-refractivity contribution in [2.24, 2.45) is 0 Å². The lowest BCUT2D eigenvalue weighted by molar-refractivity contribution is -0.136. The minimum atomic E-state index is -0.813. The SMILES string of the molecule is CCCn1cc(CCC(=O)O)c2c1CCC(F)=C2. The van der Waals surface area contributed by atoms with E-state index in [-0.39, 0.29) is 12.2 Å². The van der Waals surface area contributed by atoms with Gasteiger partial charge in [-0.3, -0.25) is 4.79 Å². The predicted octanol–water partition coefficient (Wildman–Crippen LogP) is 3.17. The van der Waals surface area contributed by atoms with Crippen molar-refractivity contribution in [3.63, 3.8) is 0 Å². The Morgan fingerprint density at radius 3 is 2.94 bits per heavy atom. The Hall–Kier alpha value is -1.58. The minimum absolute atomic E-state index is 0.0953. The first-order valence-corrected chi connectivity index (χ1v) is 6.40. The van der Waals surface area contributed by atoms with Crippen LogP contribution in [0.3, 0.4) is 0 Å². The van der Waals surface area contributed by atoms with Crippen molar-refractivity contribution < 1.29 is 14.3 Å². The van der Waals surface area contributed by atoms with Gasteiger partial charge in [0.15, 0.2) is 0 Å². The molecule has 1 aromatic rings. The van der Waals surface area contributed by atoms with E-state index < -0.39 is 5.97 Å². The van der Waals surface area contributed by atoms with Crippen LogP contribution >= 0.6 is 0 Å². The van der Waals surface area contributed by atoms with Gasteiger partial charge in [-0.05, 0) is 30.9 Å². The maximum absolute atomic E-state index is 13.4. The normalized spacial score (nSPS) is 14.2. The van der Waals surface area contributed by atoms with Gasteiger partial charge in [-0.25, -0.2) is 4.39 Å². The van der Waals surface area contributed by atoms with Gasteiger partial charge in [0, 0.05) is 36.8 Å². The van der Waals surface area contributed by atoms with E-state index in [0.29, 0.717) is 19.3 Å². The molecule has 1 aromatic heterocycles. The number of hydrogen-bond acceptors (Lipinski definition) is 1. The summed E-state index contributed by atoms with van der Waals surface area (Å²) in [5, 5.41) is 8.74. The lowest BCUT2D eigenvalue weighted by atomic mass is 9.98. The summed E-state index contributed by atoms with van der Waals surface area (Å²) in [5.41, 5.74) is 3.02. The molecule has 0 saturated heterocycles. The fraction of sp³-hybridized carbons (Fsp3) is 0.500. The van der Waals surface area contributed by atoms with E-state index in [1.807, 2.05) is 6.20 Å². The van der Waals surface area contributed by atoms with Crippen LogP contribution in [0.2, 0.25) is 0 Å². The highest BCUT2D eigenvalue weighted by atomic mass is 19.1. The molecular weight excluding hydrogens is 233 g/mol. The second kappa shape index (κ2) is 5.38. The van der Waals surface area contributed by atoms with Crippen molar-refractivity contribution in [3.05, 3.63) is 28.8 Å². The van der Waals surface area contributed by atoms with Crippen molar-refractivity contribution in [1.29, 1.82) is 0 Å². The Balaban J connectivity index is 2.32. The Bertz CT molecular complexity index is 488. The molecule has 0 aliphatic heterocycles. The second-order valence-corrected chi connectivity index (χ2v) is 4.69. The summed E-state index contributed by atoms with van der Waals surface area (Å²) in [7, 11) is 0. The largest absolute Gasteiger partial charge is 0.481 e. The van der Waals surface area contributed by atoms with Gasteiger partial charge in [-0.2, -0.15) is 0 Å². The zero-order valence-electron chi connectivity index (χ0n) is 10.6. The average Bonchev–Trinajstić information content (AvgIpc) is 2.65. The first-order valence-electron chi connectivity index (χ1n) is 6.40. The molecule has 1 heterocycles. The van der Waals surface area contributed by atoms with Crippen molar-refractivity contribution in [1.82, 2.24) is 4.57 Å². The lowest BCUT2D eigenvalue weighted by Gasteiger charge is -2.12. The van der Waals surface area contributed by atoms with E-state index >= 15 is 0 Å². The highest BCUT2D eigenvalue weighted by Crippen LogP contribution is 2.30. The number of allylic oxidation sites excluding steroid dienone is 1. The standard InChI is InChI=1S/C14H18FNO2/c1-2-7-16-9-10(3-6-14(17)18)12-8-11(15)4-5-13(12)16/h8-9H,2-7H2,1H3,(H,17,18). The molecule has 0 unspecified atom stereocenters. The topological polar surface area (TPSA) is 42.2 Å². The molecule has 0 fully saturated rings. The molecule has 0 bridgehead atoms. The van der Waals surface area contributed by atoms with Crippen molar-refractivity contribution in [3.8, 4) is 0 Å². The first kappa shape index (κ1) is 12.9. The van der Waals surface area contributed by atoms with Gasteiger partial charge >= 0.3 is 5.97 Å². The molecule has 1 aliphatic carbocycles. The molecule has 1 aliphatic rings. The summed E-state index contributed by atoms with van der Waals surface area (Å²) < 4.78 is 15.5. The number of hydrogen-bond donors (Lipinski definition) is 1. The summed E-state index contributed by atoms with van der Waals surface area (Å²) >= 11 is 0. The highest BCUT2D eigenvalue weighted by Gasteiger charge is 2.19. The fourth-order valence-corrected chi connectivity index (χ4v) is 2.48. The Kier molecular flexibility index (Phi) is 3.84. The molecule has 0 radical (unpaired) electrons. The molecule has 0 atom stereocenters. The van der Waals surface area contributed by atoms with Crippen molar-refractivity contribution in [2.75, 3.05) is 0 Å². The van der Waals surface area contributed by atoms with Gasteiger partial charge < -0.3 is 9.67 Å². The van der Waals surface area contributed by atoms with Crippen LogP contribution < -0.4 is 0 Å². The number of fused-ring (bicyclic) bond motifs is 1. The maximum Gasteiger partial charge on any atom is 0.303 e. The van der Waals surface area contributed by atoms with Crippen LogP contribution in [0.4, 0.5) is 4.39 Å². The molecule has 3 nitrogen and oxygen atoms in total. The summed E-state index contributed by atoms with van der Waals surface area (Å²) in [6.07, 6.45) is 6.32. The molecule has 2 rings (SSSR count). The first-order chi connectivity index (χ1) is 8.61. The monoisotopic (exact) mass is 251 g/mol. The number of aryl methyl sites for hydroxylation is 2. The van der Waals surface area contributed by atoms with E-state index in [2.05, 4.69) is 11.5 Å². The van der Waals surface area contributed by atoms with Gasteiger partial charge in [0.05, 0.1) is 0 Å². The third kappa shape index (κ3) is 2.63. The molecule has 0 aromatic carbocycles. The quantitative estimate of drug-likeness (QED) is 0.873. The number of halogens is 1. The Morgan fingerprint density at radius 1 is 1.50 bits per heavy atom. The van der Waals surface area contributed by atoms with Crippen LogP contribution in [0.25, 0.3) is 6.08 Å².